The molecule has 1 N–H and O–H groups in total. The first-order valence-electron chi connectivity index (χ1n) is 9.45. The largest absolute Gasteiger partial charge is 0.336 e. The van der Waals surface area contributed by atoms with Crippen LogP contribution in [0, 0.1) is 13.8 Å². The minimum Gasteiger partial charge on any atom is -0.336 e. The molecule has 26 heavy (non-hydrogen) atoms. The fourth-order valence-corrected chi connectivity index (χ4v) is 3.92. The van der Waals surface area contributed by atoms with E-state index in [0.29, 0.717) is 13.1 Å². The topological polar surface area (TPSA) is 71.0 Å². The Morgan fingerprint density at radius 3 is 2.73 bits per heavy atom. The number of amides is 1. The molecule has 2 aromatic rings. The van der Waals surface area contributed by atoms with Crippen molar-refractivity contribution in [3.05, 3.63) is 50.2 Å². The Labute approximate surface area is 154 Å². The van der Waals surface area contributed by atoms with Gasteiger partial charge in [-0.1, -0.05) is 6.42 Å². The van der Waals surface area contributed by atoms with Crippen LogP contribution in [0.15, 0.2) is 10.9 Å². The second-order valence-electron chi connectivity index (χ2n) is 7.24. The molecule has 3 rings (SSSR count). The second kappa shape index (κ2) is 7.48. The van der Waals surface area contributed by atoms with Gasteiger partial charge < -0.3 is 9.47 Å². The number of nitrogens with zero attached hydrogens (tertiary/aromatic N) is 3. The monoisotopic (exact) mass is 356 g/mol. The molecule has 2 heterocycles. The highest BCUT2D eigenvalue weighted by molar-refractivity contribution is 5.95. The maximum absolute atomic E-state index is 13.0. The second-order valence-corrected chi connectivity index (χ2v) is 7.24. The molecule has 0 spiro atoms. The molecule has 2 aromatic heterocycles. The average Bonchev–Trinajstić information content (AvgIpc) is 2.81. The molecule has 140 valence electrons. The summed E-state index contributed by atoms with van der Waals surface area (Å²) in [5.41, 5.74) is 5.07. The van der Waals surface area contributed by atoms with Crippen LogP contribution < -0.4 is 5.56 Å². The Morgan fingerprint density at radius 1 is 1.27 bits per heavy atom. The van der Waals surface area contributed by atoms with Gasteiger partial charge in [-0.05, 0) is 63.6 Å². The highest BCUT2D eigenvalue weighted by Crippen LogP contribution is 2.22. The molecular formula is C20H28N4O2. The van der Waals surface area contributed by atoms with Crippen LogP contribution in [-0.2, 0) is 25.9 Å². The number of nitrogens with one attached hydrogen (secondary N) is 1. The molecular weight excluding hydrogens is 328 g/mol. The minimum atomic E-state index is -0.236. The average molecular weight is 356 g/mol. The van der Waals surface area contributed by atoms with Gasteiger partial charge in [-0.25, -0.2) is 0 Å². The number of aromatic amines is 1. The lowest BCUT2D eigenvalue weighted by molar-refractivity contribution is 0.0780. The van der Waals surface area contributed by atoms with Gasteiger partial charge in [0.15, 0.2) is 0 Å². The predicted octanol–water partition coefficient (Wildman–Crippen LogP) is 2.75. The van der Waals surface area contributed by atoms with Gasteiger partial charge in [0.2, 0.25) is 0 Å². The zero-order valence-corrected chi connectivity index (χ0v) is 16.2. The maximum atomic E-state index is 13.0. The van der Waals surface area contributed by atoms with Crippen LogP contribution in [0.5, 0.6) is 0 Å². The summed E-state index contributed by atoms with van der Waals surface area (Å²) >= 11 is 0. The maximum Gasteiger partial charge on any atom is 0.263 e. The van der Waals surface area contributed by atoms with Gasteiger partial charge in [0.25, 0.3) is 11.5 Å². The minimum absolute atomic E-state index is 0.206. The van der Waals surface area contributed by atoms with Gasteiger partial charge in [-0.3, -0.25) is 14.7 Å². The molecule has 0 aliphatic heterocycles. The van der Waals surface area contributed by atoms with Crippen molar-refractivity contribution in [2.24, 2.45) is 0 Å². The molecule has 0 unspecified atom stereocenters. The van der Waals surface area contributed by atoms with Crippen molar-refractivity contribution < 1.29 is 4.79 Å². The Bertz CT molecular complexity index is 879. The summed E-state index contributed by atoms with van der Waals surface area (Å²) in [4.78, 5) is 27.4. The lowest BCUT2D eigenvalue weighted by Gasteiger charge is -2.19. The zero-order chi connectivity index (χ0) is 18.8. The fourth-order valence-electron chi connectivity index (χ4n) is 3.92. The summed E-state index contributed by atoms with van der Waals surface area (Å²) in [5.74, 6) is -0.236. The number of aryl methyl sites for hydroxylation is 3. The molecule has 1 aliphatic rings. The van der Waals surface area contributed by atoms with Crippen LogP contribution in [0.3, 0.4) is 0 Å². The van der Waals surface area contributed by atoms with E-state index >= 15 is 0 Å². The van der Waals surface area contributed by atoms with Crippen LogP contribution in [0.4, 0.5) is 0 Å². The number of pyridine rings is 1. The third kappa shape index (κ3) is 3.32. The summed E-state index contributed by atoms with van der Waals surface area (Å²) < 4.78 is 1.65. The summed E-state index contributed by atoms with van der Waals surface area (Å²) in [6, 6.07) is 1.91. The number of hydrogen-bond acceptors (Lipinski definition) is 3. The first-order chi connectivity index (χ1) is 12.4. The van der Waals surface area contributed by atoms with Crippen LogP contribution in [0.1, 0.15) is 64.8 Å². The van der Waals surface area contributed by atoms with E-state index in [1.807, 2.05) is 26.8 Å². The standard InChI is InChI=1S/C20H28N4O2/c1-5-24-14(3)11-13(2)18(20(24)26)19(25)23(4)12-17-15-9-7-6-8-10-16(15)21-22-17/h11H,5-10,12H2,1-4H3,(H,21,22). The van der Waals surface area contributed by atoms with E-state index < -0.39 is 0 Å². The third-order valence-corrected chi connectivity index (χ3v) is 5.36. The van der Waals surface area contributed by atoms with E-state index in [2.05, 4.69) is 10.2 Å². The number of carbonyl (C=O) groups excluding carboxylic acids is 1. The van der Waals surface area contributed by atoms with Gasteiger partial charge in [0.05, 0.1) is 12.2 Å². The summed E-state index contributed by atoms with van der Waals surface area (Å²) in [7, 11) is 1.75. The van der Waals surface area contributed by atoms with E-state index in [1.165, 1.54) is 24.1 Å². The molecule has 6 nitrogen and oxygen atoms in total. The number of rotatable bonds is 4. The van der Waals surface area contributed by atoms with E-state index in [4.69, 9.17) is 0 Å². The van der Waals surface area contributed by atoms with E-state index in [1.54, 1.807) is 16.5 Å². The molecule has 0 bridgehead atoms. The van der Waals surface area contributed by atoms with Crippen molar-refractivity contribution in [3.63, 3.8) is 0 Å². The lowest BCUT2D eigenvalue weighted by Crippen LogP contribution is -2.36. The summed E-state index contributed by atoms with van der Waals surface area (Å²) in [5, 5.41) is 7.59. The molecule has 1 aliphatic carbocycles. The van der Waals surface area contributed by atoms with Crippen molar-refractivity contribution in [1.82, 2.24) is 19.7 Å². The number of carbonyl (C=O) groups is 1. The van der Waals surface area contributed by atoms with Crippen molar-refractivity contribution >= 4 is 5.91 Å². The quantitative estimate of drug-likeness (QED) is 0.856. The SMILES string of the molecule is CCn1c(C)cc(C)c(C(=O)N(C)Cc2n[nH]c3c2CCCCC3)c1=O. The Morgan fingerprint density at radius 2 is 2.00 bits per heavy atom. The molecule has 0 fully saturated rings. The Balaban J connectivity index is 1.88. The normalized spacial score (nSPS) is 14.0. The van der Waals surface area contributed by atoms with Gasteiger partial charge in [-0.15, -0.1) is 0 Å². The smallest absolute Gasteiger partial charge is 0.263 e. The summed E-state index contributed by atoms with van der Waals surface area (Å²) in [6.45, 7) is 6.62. The third-order valence-electron chi connectivity index (χ3n) is 5.36. The first-order valence-corrected chi connectivity index (χ1v) is 9.45. The van der Waals surface area contributed by atoms with E-state index in [0.717, 1.165) is 36.2 Å². The number of H-pyrrole nitrogens is 1. The number of aromatic nitrogens is 3. The first kappa shape index (κ1) is 18.4. The van der Waals surface area contributed by atoms with Crippen LogP contribution in [-0.4, -0.2) is 32.6 Å². The number of hydrogen-bond donors (Lipinski definition) is 1. The molecule has 0 atom stereocenters. The van der Waals surface area contributed by atoms with Crippen molar-refractivity contribution in [2.45, 2.75) is 66.0 Å². The van der Waals surface area contributed by atoms with Gasteiger partial charge in [0, 0.05) is 25.0 Å². The highest BCUT2D eigenvalue weighted by atomic mass is 16.2. The highest BCUT2D eigenvalue weighted by Gasteiger charge is 2.23. The molecule has 1 amide bonds. The van der Waals surface area contributed by atoms with Crippen LogP contribution in [0.25, 0.3) is 0 Å². The van der Waals surface area contributed by atoms with Gasteiger partial charge in [-0.2, -0.15) is 5.10 Å². The number of fused-ring (bicyclic) bond motifs is 1. The lowest BCUT2D eigenvalue weighted by atomic mass is 10.1. The fraction of sp³-hybridized carbons (Fsp3) is 0.550. The Kier molecular flexibility index (Phi) is 5.30. The molecule has 0 aromatic carbocycles. The van der Waals surface area contributed by atoms with Crippen molar-refractivity contribution in [1.29, 1.82) is 0 Å². The molecule has 0 saturated carbocycles. The van der Waals surface area contributed by atoms with Crippen LogP contribution in [0.2, 0.25) is 0 Å². The van der Waals surface area contributed by atoms with Gasteiger partial charge >= 0.3 is 0 Å². The van der Waals surface area contributed by atoms with Crippen molar-refractivity contribution in [2.75, 3.05) is 7.05 Å². The predicted molar refractivity (Wildman–Crippen MR) is 101 cm³/mol. The van der Waals surface area contributed by atoms with E-state index in [-0.39, 0.29) is 17.0 Å². The van der Waals surface area contributed by atoms with Crippen LogP contribution >= 0.6 is 0 Å². The Hall–Kier alpha value is -2.37. The zero-order valence-electron chi connectivity index (χ0n) is 16.2. The molecule has 0 saturated heterocycles. The van der Waals surface area contributed by atoms with Crippen molar-refractivity contribution in [3.8, 4) is 0 Å². The summed E-state index contributed by atoms with van der Waals surface area (Å²) in [6.07, 6.45) is 5.61. The molecule has 6 heteroatoms. The molecule has 0 radical (unpaired) electrons. The van der Waals surface area contributed by atoms with E-state index in [9.17, 15) is 9.59 Å². The van der Waals surface area contributed by atoms with Gasteiger partial charge in [0.1, 0.15) is 5.56 Å².